The fraction of sp³-hybridized carbons (Fsp3) is 0.706. The average Bonchev–Trinajstić information content (AvgIpc) is 2.54. The van der Waals surface area contributed by atoms with Crippen molar-refractivity contribution in [2.75, 3.05) is 25.0 Å². The smallest absolute Gasteiger partial charge is 0.130 e. The summed E-state index contributed by atoms with van der Waals surface area (Å²) < 4.78 is 0. The zero-order chi connectivity index (χ0) is 14.9. The Morgan fingerprint density at radius 3 is 2.86 bits per heavy atom. The Morgan fingerprint density at radius 2 is 2.14 bits per heavy atom. The highest BCUT2D eigenvalue weighted by atomic mass is 16.3. The number of nitrogens with one attached hydrogen (secondary N) is 1. The number of aromatic nitrogens is 1. The van der Waals surface area contributed by atoms with Crippen molar-refractivity contribution in [3.8, 4) is 0 Å². The molecule has 21 heavy (non-hydrogen) atoms. The molecule has 1 aliphatic carbocycles. The van der Waals surface area contributed by atoms with E-state index in [0.717, 1.165) is 31.9 Å². The SMILES string of the molecule is CCCNc1ncccc1CN(CCO)C1CCCCC1. The van der Waals surface area contributed by atoms with Crippen LogP contribution in [-0.2, 0) is 6.54 Å². The molecule has 1 aliphatic rings. The predicted octanol–water partition coefficient (Wildman–Crippen LogP) is 3.03. The van der Waals surface area contributed by atoms with Gasteiger partial charge in [0.15, 0.2) is 0 Å². The molecule has 0 bridgehead atoms. The zero-order valence-corrected chi connectivity index (χ0v) is 13.2. The van der Waals surface area contributed by atoms with Crippen molar-refractivity contribution in [1.82, 2.24) is 9.88 Å². The number of anilines is 1. The Bertz CT molecular complexity index is 405. The summed E-state index contributed by atoms with van der Waals surface area (Å²) in [6.07, 6.45) is 9.47. The van der Waals surface area contributed by atoms with Gasteiger partial charge in [-0.3, -0.25) is 4.90 Å². The normalized spacial score (nSPS) is 16.3. The van der Waals surface area contributed by atoms with Crippen molar-refractivity contribution in [2.24, 2.45) is 0 Å². The molecule has 2 N–H and O–H groups in total. The van der Waals surface area contributed by atoms with Crippen LogP contribution in [0, 0.1) is 0 Å². The average molecular weight is 291 g/mol. The van der Waals surface area contributed by atoms with Gasteiger partial charge in [0, 0.05) is 37.4 Å². The van der Waals surface area contributed by atoms with Crippen molar-refractivity contribution in [2.45, 2.75) is 58.0 Å². The maximum absolute atomic E-state index is 9.38. The Hall–Kier alpha value is -1.13. The molecule has 0 atom stereocenters. The molecule has 0 aliphatic heterocycles. The highest BCUT2D eigenvalue weighted by Gasteiger charge is 2.21. The van der Waals surface area contributed by atoms with E-state index in [1.54, 1.807) is 0 Å². The summed E-state index contributed by atoms with van der Waals surface area (Å²) in [5, 5.41) is 12.8. The number of aliphatic hydroxyl groups excluding tert-OH is 1. The van der Waals surface area contributed by atoms with Gasteiger partial charge in [0.05, 0.1) is 6.61 Å². The van der Waals surface area contributed by atoms with Gasteiger partial charge in [-0.15, -0.1) is 0 Å². The first-order chi connectivity index (χ1) is 10.3. The minimum atomic E-state index is 0.231. The van der Waals surface area contributed by atoms with Crippen LogP contribution in [-0.4, -0.2) is 40.7 Å². The topological polar surface area (TPSA) is 48.4 Å². The molecule has 0 unspecified atom stereocenters. The van der Waals surface area contributed by atoms with Crippen LogP contribution in [0.25, 0.3) is 0 Å². The second-order valence-corrected chi connectivity index (χ2v) is 5.92. The quantitative estimate of drug-likeness (QED) is 0.773. The fourth-order valence-corrected chi connectivity index (χ4v) is 3.15. The van der Waals surface area contributed by atoms with Gasteiger partial charge in [-0.1, -0.05) is 32.3 Å². The lowest BCUT2D eigenvalue weighted by Crippen LogP contribution is -2.38. The Kier molecular flexibility index (Phi) is 6.96. The molecule has 0 aromatic carbocycles. The van der Waals surface area contributed by atoms with E-state index in [2.05, 4.69) is 28.2 Å². The second-order valence-electron chi connectivity index (χ2n) is 5.92. The van der Waals surface area contributed by atoms with Crippen molar-refractivity contribution in [1.29, 1.82) is 0 Å². The second kappa shape index (κ2) is 9.00. The van der Waals surface area contributed by atoms with E-state index in [4.69, 9.17) is 0 Å². The van der Waals surface area contributed by atoms with E-state index in [0.29, 0.717) is 6.04 Å². The molecule has 4 nitrogen and oxygen atoms in total. The third-order valence-electron chi connectivity index (χ3n) is 4.29. The number of nitrogens with zero attached hydrogens (tertiary/aromatic N) is 2. The lowest BCUT2D eigenvalue weighted by atomic mass is 9.94. The largest absolute Gasteiger partial charge is 0.395 e. The van der Waals surface area contributed by atoms with Gasteiger partial charge < -0.3 is 10.4 Å². The van der Waals surface area contributed by atoms with Gasteiger partial charge in [-0.05, 0) is 25.3 Å². The summed E-state index contributed by atoms with van der Waals surface area (Å²) in [5.74, 6) is 0.998. The maximum Gasteiger partial charge on any atom is 0.130 e. The van der Waals surface area contributed by atoms with Crippen LogP contribution >= 0.6 is 0 Å². The monoisotopic (exact) mass is 291 g/mol. The minimum Gasteiger partial charge on any atom is -0.395 e. The van der Waals surface area contributed by atoms with E-state index in [1.165, 1.54) is 37.7 Å². The molecule has 0 amide bonds. The van der Waals surface area contributed by atoms with E-state index >= 15 is 0 Å². The van der Waals surface area contributed by atoms with Crippen molar-refractivity contribution < 1.29 is 5.11 Å². The molecule has 1 fully saturated rings. The summed E-state index contributed by atoms with van der Waals surface area (Å²) in [6.45, 7) is 4.98. The maximum atomic E-state index is 9.38. The number of rotatable bonds is 8. The molecule has 1 aromatic heterocycles. The highest BCUT2D eigenvalue weighted by Crippen LogP contribution is 2.25. The van der Waals surface area contributed by atoms with Crippen molar-refractivity contribution >= 4 is 5.82 Å². The van der Waals surface area contributed by atoms with Gasteiger partial charge in [-0.25, -0.2) is 4.98 Å². The zero-order valence-electron chi connectivity index (χ0n) is 13.2. The number of aliphatic hydroxyl groups is 1. The van der Waals surface area contributed by atoms with Gasteiger partial charge in [0.25, 0.3) is 0 Å². The molecule has 0 spiro atoms. The van der Waals surface area contributed by atoms with Crippen molar-refractivity contribution in [3.63, 3.8) is 0 Å². The van der Waals surface area contributed by atoms with Crippen LogP contribution in [0.5, 0.6) is 0 Å². The van der Waals surface area contributed by atoms with Crippen LogP contribution in [0.4, 0.5) is 5.82 Å². The first kappa shape index (κ1) is 16.2. The minimum absolute atomic E-state index is 0.231. The van der Waals surface area contributed by atoms with Gasteiger partial charge >= 0.3 is 0 Å². The molecule has 0 saturated heterocycles. The van der Waals surface area contributed by atoms with E-state index < -0.39 is 0 Å². The third-order valence-corrected chi connectivity index (χ3v) is 4.29. The third kappa shape index (κ3) is 4.97. The number of pyridine rings is 1. The summed E-state index contributed by atoms with van der Waals surface area (Å²) in [6, 6.07) is 4.77. The van der Waals surface area contributed by atoms with E-state index in [-0.39, 0.29) is 6.61 Å². The van der Waals surface area contributed by atoms with Crippen LogP contribution in [0.15, 0.2) is 18.3 Å². The van der Waals surface area contributed by atoms with Gasteiger partial charge in [-0.2, -0.15) is 0 Å². The first-order valence-corrected chi connectivity index (χ1v) is 8.37. The molecule has 4 heteroatoms. The molecular weight excluding hydrogens is 262 g/mol. The van der Waals surface area contributed by atoms with Crippen LogP contribution in [0.2, 0.25) is 0 Å². The number of hydrogen-bond donors (Lipinski definition) is 2. The van der Waals surface area contributed by atoms with E-state index in [9.17, 15) is 5.11 Å². The molecule has 1 heterocycles. The summed E-state index contributed by atoms with van der Waals surface area (Å²) >= 11 is 0. The molecular formula is C17H29N3O. The summed E-state index contributed by atoms with van der Waals surface area (Å²) in [4.78, 5) is 6.91. The predicted molar refractivity (Wildman–Crippen MR) is 87.4 cm³/mol. The summed E-state index contributed by atoms with van der Waals surface area (Å²) in [5.41, 5.74) is 1.24. The first-order valence-electron chi connectivity index (χ1n) is 8.37. The lowest BCUT2D eigenvalue weighted by Gasteiger charge is -2.34. The Labute approximate surface area is 128 Å². The lowest BCUT2D eigenvalue weighted by molar-refractivity contribution is 0.117. The molecule has 1 aromatic rings. The molecule has 2 rings (SSSR count). The van der Waals surface area contributed by atoms with Crippen LogP contribution in [0.3, 0.4) is 0 Å². The van der Waals surface area contributed by atoms with Crippen LogP contribution in [0.1, 0.15) is 51.0 Å². The number of hydrogen-bond acceptors (Lipinski definition) is 4. The summed E-state index contributed by atoms with van der Waals surface area (Å²) in [7, 11) is 0. The van der Waals surface area contributed by atoms with Crippen molar-refractivity contribution in [3.05, 3.63) is 23.9 Å². The standard InChI is InChI=1S/C17H29N3O/c1-2-10-18-17-15(7-6-11-19-17)14-20(12-13-21)16-8-4-3-5-9-16/h6-7,11,16,21H,2-5,8-10,12-14H2,1H3,(H,18,19). The molecule has 1 saturated carbocycles. The Morgan fingerprint density at radius 1 is 1.33 bits per heavy atom. The fourth-order valence-electron chi connectivity index (χ4n) is 3.15. The highest BCUT2D eigenvalue weighted by molar-refractivity contribution is 5.43. The van der Waals surface area contributed by atoms with Gasteiger partial charge in [0.2, 0.25) is 0 Å². The van der Waals surface area contributed by atoms with E-state index in [1.807, 2.05) is 12.3 Å². The molecule has 0 radical (unpaired) electrons. The molecule has 118 valence electrons. The van der Waals surface area contributed by atoms with Crippen LogP contribution < -0.4 is 5.32 Å². The van der Waals surface area contributed by atoms with Gasteiger partial charge in [0.1, 0.15) is 5.82 Å². The Balaban J connectivity index is 2.04.